The standard InChI is InChI=1S/C33H39ClN10O4/c1-37-19-5-4-8-25(32(47)48)40-26(45)18-13-22-11-16-24(17-12-22)23-14-9-21(10-15-23)7-3-6-20-39-33(35)43-31(46)27-29(38-2)42-30(44-36)28(34)41-27/h9-12,14-17,25,36H,1-8,13,18-20H2,(H,40,45)(H,47,48)(H3,35,39,43,46)/t25-/m0/s1. The highest BCUT2D eigenvalue weighted by molar-refractivity contribution is 6.31. The van der Waals surface area contributed by atoms with Crippen molar-refractivity contribution >= 4 is 60.4 Å². The molecule has 0 fully saturated rings. The summed E-state index contributed by atoms with van der Waals surface area (Å²) in [5.74, 6) is -2.61. The molecule has 0 aliphatic heterocycles. The van der Waals surface area contributed by atoms with E-state index in [0.717, 1.165) is 42.4 Å². The second-order valence-corrected chi connectivity index (χ2v) is 11.1. The Kier molecular flexibility index (Phi) is 14.9. The number of carboxylic acid groups (broad SMARTS) is 1. The molecule has 0 radical (unpaired) electrons. The Morgan fingerprint density at radius 1 is 0.896 bits per heavy atom. The molecular weight excluding hydrogens is 636 g/mol. The maximum absolute atomic E-state index is 12.5. The molecule has 1 heterocycles. The number of hydrogen-bond donors (Lipinski definition) is 6. The number of aliphatic imine (C=N–C) groups is 2. The van der Waals surface area contributed by atoms with Gasteiger partial charge in [-0.2, -0.15) is 0 Å². The van der Waals surface area contributed by atoms with Crippen molar-refractivity contribution in [3.05, 3.63) is 70.5 Å². The number of carbonyl (C=O) groups is 3. The molecule has 0 bridgehead atoms. The van der Waals surface area contributed by atoms with Crippen molar-refractivity contribution in [1.82, 2.24) is 25.9 Å². The van der Waals surface area contributed by atoms with Gasteiger partial charge in [0.05, 0.1) is 0 Å². The summed E-state index contributed by atoms with van der Waals surface area (Å²) < 4.78 is 0. The molecule has 0 aliphatic carbocycles. The lowest BCUT2D eigenvalue weighted by molar-refractivity contribution is -0.142. The van der Waals surface area contributed by atoms with Crippen molar-refractivity contribution in [1.29, 1.82) is 10.9 Å². The summed E-state index contributed by atoms with van der Waals surface area (Å²) in [5, 5.41) is 28.1. The molecule has 1 aromatic heterocycles. The lowest BCUT2D eigenvalue weighted by Crippen LogP contribution is -2.40. The van der Waals surface area contributed by atoms with E-state index in [1.54, 1.807) is 0 Å². The number of rotatable bonds is 19. The maximum Gasteiger partial charge on any atom is 0.326 e. The fourth-order valence-corrected chi connectivity index (χ4v) is 4.87. The Hall–Kier alpha value is -5.37. The molecule has 48 heavy (non-hydrogen) atoms. The fraction of sp³-hybridized carbons (Fsp3) is 0.333. The Labute approximate surface area is 283 Å². The predicted molar refractivity (Wildman–Crippen MR) is 185 cm³/mol. The number of unbranched alkanes of at least 4 members (excludes halogenated alkanes) is 2. The largest absolute Gasteiger partial charge is 0.480 e. The van der Waals surface area contributed by atoms with Gasteiger partial charge in [-0.25, -0.2) is 25.3 Å². The van der Waals surface area contributed by atoms with E-state index in [4.69, 9.17) is 22.5 Å². The number of aryl methyl sites for hydroxylation is 2. The van der Waals surface area contributed by atoms with E-state index in [-0.39, 0.29) is 40.8 Å². The Bertz CT molecular complexity index is 1610. The number of halogens is 1. The number of amides is 2. The van der Waals surface area contributed by atoms with Gasteiger partial charge in [0.15, 0.2) is 22.6 Å². The lowest BCUT2D eigenvalue weighted by atomic mass is 9.99. The van der Waals surface area contributed by atoms with Crippen molar-refractivity contribution in [2.45, 2.75) is 57.4 Å². The maximum atomic E-state index is 12.5. The number of hydrogen-bond acceptors (Lipinski definition) is 10. The molecule has 15 heteroatoms. The summed E-state index contributed by atoms with van der Waals surface area (Å²) in [7, 11) is 0. The lowest BCUT2D eigenvalue weighted by Gasteiger charge is -2.14. The molecule has 2 amide bonds. The van der Waals surface area contributed by atoms with Crippen LogP contribution >= 0.6 is 11.6 Å². The average Bonchev–Trinajstić information content (AvgIpc) is 3.08. The predicted octanol–water partition coefficient (Wildman–Crippen LogP) is 5.44. The van der Waals surface area contributed by atoms with Crippen molar-refractivity contribution in [3.8, 4) is 11.1 Å². The van der Waals surface area contributed by atoms with E-state index in [9.17, 15) is 19.5 Å². The van der Waals surface area contributed by atoms with E-state index in [1.807, 2.05) is 24.3 Å². The molecule has 14 nitrogen and oxygen atoms in total. The Morgan fingerprint density at radius 2 is 1.54 bits per heavy atom. The zero-order valence-electron chi connectivity index (χ0n) is 26.5. The molecule has 1 atom stereocenters. The van der Waals surface area contributed by atoms with Crippen LogP contribution in [0.2, 0.25) is 5.15 Å². The number of guanidine groups is 1. The summed E-state index contributed by atoms with van der Waals surface area (Å²) in [6.07, 6.45) is 4.92. The minimum Gasteiger partial charge on any atom is -0.480 e. The summed E-state index contributed by atoms with van der Waals surface area (Å²) >= 11 is 5.88. The molecule has 2 aromatic carbocycles. The Balaban J connectivity index is 1.38. The first kappa shape index (κ1) is 37.1. The van der Waals surface area contributed by atoms with Gasteiger partial charge in [-0.3, -0.25) is 20.3 Å². The minimum absolute atomic E-state index is 0.145. The van der Waals surface area contributed by atoms with Gasteiger partial charge in [-0.15, -0.1) is 5.11 Å². The van der Waals surface area contributed by atoms with Crippen LogP contribution in [0.5, 0.6) is 0 Å². The number of carboxylic acids is 1. The van der Waals surface area contributed by atoms with Crippen LogP contribution in [0.4, 0.5) is 11.6 Å². The van der Waals surface area contributed by atoms with E-state index in [1.165, 1.54) is 5.56 Å². The zero-order valence-corrected chi connectivity index (χ0v) is 27.2. The summed E-state index contributed by atoms with van der Waals surface area (Å²) in [5.41, 5.74) is 11.1. The molecule has 0 spiro atoms. The van der Waals surface area contributed by atoms with Crippen molar-refractivity contribution in [2.75, 3.05) is 13.1 Å². The molecule has 0 unspecified atom stereocenters. The van der Waals surface area contributed by atoms with Crippen LogP contribution in [-0.2, 0) is 22.4 Å². The molecule has 252 valence electrons. The van der Waals surface area contributed by atoms with Crippen LogP contribution in [-0.4, -0.2) is 71.4 Å². The number of carbonyl (C=O) groups excluding carboxylic acids is 2. The molecule has 0 saturated heterocycles. The van der Waals surface area contributed by atoms with Gasteiger partial charge in [0.2, 0.25) is 11.7 Å². The molecule has 3 aromatic rings. The summed E-state index contributed by atoms with van der Waals surface area (Å²) in [6.45, 7) is 7.79. The van der Waals surface area contributed by atoms with Crippen molar-refractivity contribution < 1.29 is 19.5 Å². The average molecular weight is 675 g/mol. The van der Waals surface area contributed by atoms with Crippen LogP contribution < -0.4 is 16.0 Å². The summed E-state index contributed by atoms with van der Waals surface area (Å²) in [4.78, 5) is 51.4. The highest BCUT2D eigenvalue weighted by Gasteiger charge is 2.20. The van der Waals surface area contributed by atoms with Gasteiger partial charge in [-0.1, -0.05) is 60.1 Å². The third-order valence-corrected chi connectivity index (χ3v) is 7.55. The monoisotopic (exact) mass is 674 g/mol. The SMILES string of the molecule is C=NCCCC[C@H](NC(=O)CCc1ccc(-c2ccc(CCCCNC(=N)NC(=O)c3nc(Cl)c(N=N)nc3N=C)cc2)cc1)C(=O)O. The third kappa shape index (κ3) is 11.8. The molecular formula is C33H39ClN10O4. The second-order valence-electron chi connectivity index (χ2n) is 10.8. The van der Waals surface area contributed by atoms with E-state index in [0.29, 0.717) is 32.4 Å². The number of aliphatic carboxylic acids is 1. The number of benzene rings is 2. The van der Waals surface area contributed by atoms with Gasteiger partial charge in [-0.05, 0) is 80.6 Å². The summed E-state index contributed by atoms with van der Waals surface area (Å²) in [6, 6.07) is 15.3. The number of nitrogens with zero attached hydrogens (tertiary/aromatic N) is 5. The normalized spacial score (nSPS) is 11.2. The van der Waals surface area contributed by atoms with E-state index < -0.39 is 17.9 Å². The van der Waals surface area contributed by atoms with Gasteiger partial charge >= 0.3 is 5.97 Å². The number of aromatic nitrogens is 2. The topological polar surface area (TPSA) is 218 Å². The van der Waals surface area contributed by atoms with Crippen LogP contribution in [0, 0.1) is 10.9 Å². The first-order valence-electron chi connectivity index (χ1n) is 15.3. The van der Waals surface area contributed by atoms with Crippen LogP contribution in [0.25, 0.3) is 11.1 Å². The quantitative estimate of drug-likeness (QED) is 0.0418. The van der Waals surface area contributed by atoms with Gasteiger partial charge in [0.1, 0.15) is 6.04 Å². The fourth-order valence-electron chi connectivity index (χ4n) is 4.70. The van der Waals surface area contributed by atoms with Crippen LogP contribution in [0.1, 0.15) is 60.1 Å². The molecule has 3 rings (SSSR count). The van der Waals surface area contributed by atoms with Gasteiger partial charge in [0.25, 0.3) is 5.91 Å². The zero-order chi connectivity index (χ0) is 34.9. The Morgan fingerprint density at radius 3 is 2.12 bits per heavy atom. The first-order chi connectivity index (χ1) is 23.1. The van der Waals surface area contributed by atoms with Crippen LogP contribution in [0.15, 0.2) is 63.6 Å². The van der Waals surface area contributed by atoms with Crippen molar-refractivity contribution in [2.24, 2.45) is 15.1 Å². The van der Waals surface area contributed by atoms with E-state index in [2.05, 4.69) is 78.7 Å². The smallest absolute Gasteiger partial charge is 0.326 e. The first-order valence-corrected chi connectivity index (χ1v) is 15.7. The van der Waals surface area contributed by atoms with Crippen LogP contribution in [0.3, 0.4) is 0 Å². The van der Waals surface area contributed by atoms with E-state index >= 15 is 0 Å². The minimum atomic E-state index is -1.03. The third-order valence-electron chi connectivity index (χ3n) is 7.30. The molecule has 0 saturated carbocycles. The highest BCUT2D eigenvalue weighted by Crippen LogP contribution is 2.26. The second kappa shape index (κ2) is 19.3. The van der Waals surface area contributed by atoms with Gasteiger partial charge in [0, 0.05) is 19.5 Å². The molecule has 0 aliphatic rings. The van der Waals surface area contributed by atoms with Crippen molar-refractivity contribution in [3.63, 3.8) is 0 Å². The number of nitrogens with one attached hydrogen (secondary N) is 5. The molecule has 6 N–H and O–H groups in total. The highest BCUT2D eigenvalue weighted by atomic mass is 35.5. The van der Waals surface area contributed by atoms with Gasteiger partial charge < -0.3 is 20.7 Å².